The largest absolute Gasteiger partial charge is 0.375 e. The summed E-state index contributed by atoms with van der Waals surface area (Å²) < 4.78 is 10.7. The molecule has 0 bridgehead atoms. The fraction of sp³-hybridized carbons (Fsp3) is 1.00. The van der Waals surface area contributed by atoms with E-state index in [2.05, 4.69) is 6.92 Å². The van der Waals surface area contributed by atoms with Crippen LogP contribution in [0.2, 0.25) is 0 Å². The molecule has 0 amide bonds. The summed E-state index contributed by atoms with van der Waals surface area (Å²) in [5.74, 6) is 1.17. The van der Waals surface area contributed by atoms with Crippen molar-refractivity contribution >= 4 is 11.8 Å². The van der Waals surface area contributed by atoms with Gasteiger partial charge in [0, 0.05) is 0 Å². The molecule has 60 valence electrons. The maximum atomic E-state index is 5.42. The van der Waals surface area contributed by atoms with Crippen molar-refractivity contribution in [3.8, 4) is 0 Å². The lowest BCUT2D eigenvalue weighted by Gasteiger charge is -2.21. The topological polar surface area (TPSA) is 18.5 Å². The molecule has 1 heterocycles. The molecule has 1 atom stereocenters. The number of thioether (sulfide) groups is 1. The Labute approximate surface area is 66.3 Å². The maximum Gasteiger partial charge on any atom is 0.126 e. The summed E-state index contributed by atoms with van der Waals surface area (Å²) in [4.78, 5) is 0. The van der Waals surface area contributed by atoms with Gasteiger partial charge in [-0.1, -0.05) is 6.92 Å². The number of hydrogen-bond donors (Lipinski definition) is 0. The Morgan fingerprint density at radius 2 is 2.40 bits per heavy atom. The van der Waals surface area contributed by atoms with Gasteiger partial charge in [0.1, 0.15) is 5.44 Å². The van der Waals surface area contributed by atoms with Crippen molar-refractivity contribution in [3.05, 3.63) is 0 Å². The smallest absolute Gasteiger partial charge is 0.126 e. The number of rotatable bonds is 3. The SMILES string of the molecule is CCCSC1COCCO1. The Bertz CT molecular complexity index is 81.7. The van der Waals surface area contributed by atoms with E-state index in [1.807, 2.05) is 11.8 Å². The van der Waals surface area contributed by atoms with E-state index in [0.717, 1.165) is 19.8 Å². The quantitative estimate of drug-likeness (QED) is 0.626. The van der Waals surface area contributed by atoms with Crippen LogP contribution in [-0.4, -0.2) is 31.0 Å². The van der Waals surface area contributed by atoms with Crippen LogP contribution in [0.1, 0.15) is 13.3 Å². The zero-order chi connectivity index (χ0) is 7.23. The van der Waals surface area contributed by atoms with Crippen LogP contribution < -0.4 is 0 Å². The van der Waals surface area contributed by atoms with Crippen molar-refractivity contribution in [1.29, 1.82) is 0 Å². The Morgan fingerprint density at radius 3 is 3.00 bits per heavy atom. The van der Waals surface area contributed by atoms with Gasteiger partial charge in [-0.2, -0.15) is 0 Å². The molecule has 1 fully saturated rings. The minimum Gasteiger partial charge on any atom is -0.375 e. The van der Waals surface area contributed by atoms with Crippen molar-refractivity contribution in [2.24, 2.45) is 0 Å². The lowest BCUT2D eigenvalue weighted by atomic mass is 10.6. The third-order valence-corrected chi connectivity index (χ3v) is 2.58. The van der Waals surface area contributed by atoms with E-state index in [0.29, 0.717) is 5.44 Å². The van der Waals surface area contributed by atoms with Gasteiger partial charge >= 0.3 is 0 Å². The number of ether oxygens (including phenoxy) is 2. The van der Waals surface area contributed by atoms with Gasteiger partial charge < -0.3 is 9.47 Å². The Morgan fingerprint density at radius 1 is 1.50 bits per heavy atom. The highest BCUT2D eigenvalue weighted by Crippen LogP contribution is 2.16. The predicted octanol–water partition coefficient (Wildman–Crippen LogP) is 1.50. The monoisotopic (exact) mass is 162 g/mol. The molecule has 1 aliphatic rings. The highest BCUT2D eigenvalue weighted by Gasteiger charge is 2.12. The van der Waals surface area contributed by atoms with E-state index in [9.17, 15) is 0 Å². The summed E-state index contributed by atoms with van der Waals surface area (Å²) in [6.07, 6.45) is 1.21. The first-order chi connectivity index (χ1) is 4.93. The molecule has 0 radical (unpaired) electrons. The molecule has 1 aliphatic heterocycles. The van der Waals surface area contributed by atoms with Crippen LogP contribution in [0.4, 0.5) is 0 Å². The molecule has 0 aromatic rings. The minimum absolute atomic E-state index is 0.300. The van der Waals surface area contributed by atoms with Crippen LogP contribution in [0, 0.1) is 0 Å². The van der Waals surface area contributed by atoms with Crippen molar-refractivity contribution in [2.45, 2.75) is 18.8 Å². The van der Waals surface area contributed by atoms with E-state index in [-0.39, 0.29) is 0 Å². The minimum atomic E-state index is 0.300. The molecule has 0 saturated carbocycles. The molecule has 2 nitrogen and oxygen atoms in total. The lowest BCUT2D eigenvalue weighted by Crippen LogP contribution is -2.25. The third kappa shape index (κ3) is 2.90. The summed E-state index contributed by atoms with van der Waals surface area (Å²) >= 11 is 1.85. The summed E-state index contributed by atoms with van der Waals surface area (Å²) in [6.45, 7) is 4.48. The molecule has 0 spiro atoms. The van der Waals surface area contributed by atoms with Crippen molar-refractivity contribution in [3.63, 3.8) is 0 Å². The normalized spacial score (nSPS) is 26.7. The average molecular weight is 162 g/mol. The van der Waals surface area contributed by atoms with Gasteiger partial charge in [-0.3, -0.25) is 0 Å². The molecule has 1 unspecified atom stereocenters. The van der Waals surface area contributed by atoms with Gasteiger partial charge in [0.05, 0.1) is 19.8 Å². The molecule has 0 aromatic carbocycles. The second-order valence-electron chi connectivity index (χ2n) is 2.25. The predicted molar refractivity (Wildman–Crippen MR) is 43.3 cm³/mol. The Hall–Kier alpha value is 0.270. The fourth-order valence-corrected chi connectivity index (χ4v) is 1.70. The van der Waals surface area contributed by atoms with Crippen molar-refractivity contribution in [1.82, 2.24) is 0 Å². The molecule has 10 heavy (non-hydrogen) atoms. The van der Waals surface area contributed by atoms with Crippen LogP contribution >= 0.6 is 11.8 Å². The van der Waals surface area contributed by atoms with Gasteiger partial charge in [-0.25, -0.2) is 0 Å². The maximum absolute atomic E-state index is 5.42. The first-order valence-electron chi connectivity index (χ1n) is 3.74. The zero-order valence-electron chi connectivity index (χ0n) is 6.34. The first-order valence-corrected chi connectivity index (χ1v) is 4.79. The highest BCUT2D eigenvalue weighted by atomic mass is 32.2. The molecule has 0 N–H and O–H groups in total. The van der Waals surface area contributed by atoms with Crippen LogP contribution in [0.15, 0.2) is 0 Å². The van der Waals surface area contributed by atoms with Gasteiger partial charge in [0.15, 0.2) is 0 Å². The van der Waals surface area contributed by atoms with Crippen molar-refractivity contribution < 1.29 is 9.47 Å². The Kier molecular flexibility index (Phi) is 4.18. The second kappa shape index (κ2) is 4.99. The number of hydrogen-bond acceptors (Lipinski definition) is 3. The summed E-state index contributed by atoms with van der Waals surface area (Å²) in [5.41, 5.74) is 0.300. The molecule has 0 aliphatic carbocycles. The third-order valence-electron chi connectivity index (χ3n) is 1.29. The zero-order valence-corrected chi connectivity index (χ0v) is 7.15. The molecule has 3 heteroatoms. The van der Waals surface area contributed by atoms with Crippen LogP contribution in [0.25, 0.3) is 0 Å². The first kappa shape index (κ1) is 8.37. The second-order valence-corrected chi connectivity index (χ2v) is 3.51. The van der Waals surface area contributed by atoms with Crippen molar-refractivity contribution in [2.75, 3.05) is 25.6 Å². The Balaban J connectivity index is 2.02. The van der Waals surface area contributed by atoms with Crippen LogP contribution in [0.5, 0.6) is 0 Å². The highest BCUT2D eigenvalue weighted by molar-refractivity contribution is 7.99. The van der Waals surface area contributed by atoms with E-state index < -0.39 is 0 Å². The molecular weight excluding hydrogens is 148 g/mol. The average Bonchev–Trinajstić information content (AvgIpc) is 2.03. The van der Waals surface area contributed by atoms with E-state index in [1.165, 1.54) is 12.2 Å². The van der Waals surface area contributed by atoms with Gasteiger partial charge in [0.2, 0.25) is 0 Å². The standard InChI is InChI=1S/C7H14O2S/c1-2-5-10-7-6-8-3-4-9-7/h7H,2-6H2,1H3. The molecular formula is C7H14O2S. The van der Waals surface area contributed by atoms with Gasteiger partial charge in [0.25, 0.3) is 0 Å². The molecule has 0 aromatic heterocycles. The van der Waals surface area contributed by atoms with Crippen LogP contribution in [-0.2, 0) is 9.47 Å². The lowest BCUT2D eigenvalue weighted by molar-refractivity contribution is -0.0498. The molecule has 1 saturated heterocycles. The van der Waals surface area contributed by atoms with E-state index >= 15 is 0 Å². The van der Waals surface area contributed by atoms with E-state index in [4.69, 9.17) is 9.47 Å². The van der Waals surface area contributed by atoms with E-state index in [1.54, 1.807) is 0 Å². The summed E-state index contributed by atoms with van der Waals surface area (Å²) in [5, 5.41) is 0. The fourth-order valence-electron chi connectivity index (χ4n) is 0.812. The van der Waals surface area contributed by atoms with Gasteiger partial charge in [-0.05, 0) is 12.2 Å². The molecule has 1 rings (SSSR count). The summed E-state index contributed by atoms with van der Waals surface area (Å²) in [6, 6.07) is 0. The van der Waals surface area contributed by atoms with Gasteiger partial charge in [-0.15, -0.1) is 11.8 Å². The summed E-state index contributed by atoms with van der Waals surface area (Å²) in [7, 11) is 0. The van der Waals surface area contributed by atoms with Crippen LogP contribution in [0.3, 0.4) is 0 Å².